The molecular weight excluding hydrogens is 388 g/mol. The Kier molecular flexibility index (Phi) is 9.04. The number of rotatable bonds is 2. The molecule has 8 nitrogen and oxygen atoms in total. The number of nitrogens with two attached hydrogens (primary N) is 2. The maximum Gasteiger partial charge on any atom is 0.161 e. The summed E-state index contributed by atoms with van der Waals surface area (Å²) >= 11 is 0. The summed E-state index contributed by atoms with van der Waals surface area (Å²) in [5.41, 5.74) is 13.4. The van der Waals surface area contributed by atoms with Crippen LogP contribution in [-0.2, 0) is 22.6 Å². The van der Waals surface area contributed by atoms with Gasteiger partial charge in [0.2, 0.25) is 0 Å². The molecule has 1 heterocycles. The van der Waals surface area contributed by atoms with Crippen molar-refractivity contribution in [3.05, 3.63) is 47.5 Å². The molecule has 0 aromatic heterocycles. The molecule has 0 saturated heterocycles. The zero-order valence-electron chi connectivity index (χ0n) is 17.1. The van der Waals surface area contributed by atoms with Crippen LogP contribution in [0.25, 0.3) is 0 Å². The molecule has 8 heteroatoms. The van der Waals surface area contributed by atoms with E-state index < -0.39 is 0 Å². The van der Waals surface area contributed by atoms with Crippen LogP contribution in [0, 0.1) is 0 Å². The molecule has 0 amide bonds. The molecule has 0 atom stereocenters. The summed E-state index contributed by atoms with van der Waals surface area (Å²) in [6, 6.07) is 11.3. The summed E-state index contributed by atoms with van der Waals surface area (Å²) in [6.45, 7) is 4.14. The summed E-state index contributed by atoms with van der Waals surface area (Å²) in [6.07, 6.45) is 0. The summed E-state index contributed by atoms with van der Waals surface area (Å²) in [4.78, 5) is 0. The molecule has 2 aromatic carbocycles. The normalized spacial score (nSPS) is 16.3. The van der Waals surface area contributed by atoms with E-state index in [0.717, 1.165) is 11.1 Å². The molecule has 0 bridgehead atoms. The van der Waals surface area contributed by atoms with Gasteiger partial charge in [-0.05, 0) is 35.4 Å². The SMILES string of the molecule is NCc1ccc2c(c1)OCCOCCOc1ccc(CN)cc1OCCOCCO2. The topological polar surface area (TPSA) is 107 Å². The average Bonchev–Trinajstić information content (AvgIpc) is 2.78. The van der Waals surface area contributed by atoms with Crippen molar-refractivity contribution in [3.8, 4) is 23.0 Å². The molecule has 0 saturated carbocycles. The van der Waals surface area contributed by atoms with E-state index in [-0.39, 0.29) is 0 Å². The molecule has 0 unspecified atom stereocenters. The highest BCUT2D eigenvalue weighted by Gasteiger charge is 2.09. The third-order valence-corrected chi connectivity index (χ3v) is 4.43. The minimum atomic E-state index is 0.389. The van der Waals surface area contributed by atoms with Crippen molar-refractivity contribution in [2.45, 2.75) is 13.1 Å². The van der Waals surface area contributed by atoms with Crippen molar-refractivity contribution < 1.29 is 28.4 Å². The van der Waals surface area contributed by atoms with Crippen molar-refractivity contribution in [3.63, 3.8) is 0 Å². The van der Waals surface area contributed by atoms with Gasteiger partial charge in [0.1, 0.15) is 26.4 Å². The van der Waals surface area contributed by atoms with Gasteiger partial charge in [-0.15, -0.1) is 0 Å². The predicted molar refractivity (Wildman–Crippen MR) is 112 cm³/mol. The van der Waals surface area contributed by atoms with E-state index in [1.807, 2.05) is 36.4 Å². The Balaban J connectivity index is 1.61. The molecule has 3 rings (SSSR count). The van der Waals surface area contributed by atoms with Gasteiger partial charge in [0.15, 0.2) is 23.0 Å². The highest BCUT2D eigenvalue weighted by atomic mass is 16.6. The van der Waals surface area contributed by atoms with Gasteiger partial charge in [0.25, 0.3) is 0 Å². The van der Waals surface area contributed by atoms with Gasteiger partial charge < -0.3 is 39.9 Å². The molecule has 2 aromatic rings. The van der Waals surface area contributed by atoms with Crippen molar-refractivity contribution in [1.29, 1.82) is 0 Å². The Bertz CT molecular complexity index is 721. The molecule has 1 aliphatic heterocycles. The Labute approximate surface area is 176 Å². The van der Waals surface area contributed by atoms with Gasteiger partial charge in [0, 0.05) is 13.1 Å². The standard InChI is InChI=1S/C22H30N2O6/c23-15-17-1-3-19-21(13-17)29-11-7-26-6-10-28-20-4-2-18(16-24)14-22(20)30-12-8-25-5-9-27-19/h1-4,13-14H,5-12,15-16,23-24H2. The fraction of sp³-hybridized carbons (Fsp3) is 0.455. The van der Waals surface area contributed by atoms with E-state index in [0.29, 0.717) is 88.9 Å². The molecule has 0 spiro atoms. The van der Waals surface area contributed by atoms with E-state index in [4.69, 9.17) is 39.9 Å². The largest absolute Gasteiger partial charge is 0.487 e. The number of fused-ring (bicyclic) bond motifs is 2. The third-order valence-electron chi connectivity index (χ3n) is 4.43. The van der Waals surface area contributed by atoms with Crippen molar-refractivity contribution in [2.24, 2.45) is 11.5 Å². The van der Waals surface area contributed by atoms with Crippen LogP contribution in [0.4, 0.5) is 0 Å². The van der Waals surface area contributed by atoms with Crippen LogP contribution in [0.2, 0.25) is 0 Å². The van der Waals surface area contributed by atoms with E-state index in [1.165, 1.54) is 0 Å². The predicted octanol–water partition coefficient (Wildman–Crippen LogP) is 1.87. The molecule has 164 valence electrons. The highest BCUT2D eigenvalue weighted by Crippen LogP contribution is 2.29. The van der Waals surface area contributed by atoms with Crippen LogP contribution in [-0.4, -0.2) is 52.9 Å². The number of hydrogen-bond donors (Lipinski definition) is 2. The zero-order chi connectivity index (χ0) is 21.0. The molecular formula is C22H30N2O6. The van der Waals surface area contributed by atoms with Gasteiger partial charge >= 0.3 is 0 Å². The van der Waals surface area contributed by atoms with Crippen molar-refractivity contribution in [1.82, 2.24) is 0 Å². The van der Waals surface area contributed by atoms with Gasteiger partial charge in [-0.2, -0.15) is 0 Å². The first-order chi connectivity index (χ1) is 14.8. The lowest BCUT2D eigenvalue weighted by atomic mass is 10.2. The summed E-state index contributed by atoms with van der Waals surface area (Å²) in [7, 11) is 0. The second-order valence-electron chi connectivity index (χ2n) is 6.59. The van der Waals surface area contributed by atoms with Crippen molar-refractivity contribution in [2.75, 3.05) is 52.9 Å². The number of benzene rings is 2. The first kappa shape index (κ1) is 22.2. The first-order valence-corrected chi connectivity index (χ1v) is 10.1. The molecule has 4 N–H and O–H groups in total. The highest BCUT2D eigenvalue weighted by molar-refractivity contribution is 5.43. The lowest BCUT2D eigenvalue weighted by Gasteiger charge is -2.16. The minimum Gasteiger partial charge on any atom is -0.487 e. The van der Waals surface area contributed by atoms with Gasteiger partial charge in [-0.25, -0.2) is 0 Å². The van der Waals surface area contributed by atoms with Gasteiger partial charge in [0.05, 0.1) is 26.4 Å². The molecule has 30 heavy (non-hydrogen) atoms. The van der Waals surface area contributed by atoms with Gasteiger partial charge in [-0.1, -0.05) is 12.1 Å². The summed E-state index contributed by atoms with van der Waals surface area (Å²) in [5, 5.41) is 0. The van der Waals surface area contributed by atoms with E-state index >= 15 is 0 Å². The van der Waals surface area contributed by atoms with E-state index in [9.17, 15) is 0 Å². The third kappa shape index (κ3) is 6.77. The number of ether oxygens (including phenoxy) is 6. The van der Waals surface area contributed by atoms with Crippen LogP contribution in [0.1, 0.15) is 11.1 Å². The van der Waals surface area contributed by atoms with E-state index in [1.54, 1.807) is 0 Å². The zero-order valence-corrected chi connectivity index (χ0v) is 17.1. The lowest BCUT2D eigenvalue weighted by Crippen LogP contribution is -2.15. The smallest absolute Gasteiger partial charge is 0.161 e. The maximum absolute atomic E-state index is 5.84. The van der Waals surface area contributed by atoms with Crippen LogP contribution in [0.5, 0.6) is 23.0 Å². The molecule has 0 radical (unpaired) electrons. The Morgan fingerprint density at radius 2 is 0.867 bits per heavy atom. The molecule has 1 aliphatic rings. The van der Waals surface area contributed by atoms with Gasteiger partial charge in [-0.3, -0.25) is 0 Å². The van der Waals surface area contributed by atoms with Crippen LogP contribution in [0.3, 0.4) is 0 Å². The first-order valence-electron chi connectivity index (χ1n) is 10.1. The second kappa shape index (κ2) is 12.2. The van der Waals surface area contributed by atoms with Crippen LogP contribution < -0.4 is 30.4 Å². The second-order valence-corrected chi connectivity index (χ2v) is 6.59. The quantitative estimate of drug-likeness (QED) is 0.761. The lowest BCUT2D eigenvalue weighted by molar-refractivity contribution is 0.0640. The van der Waals surface area contributed by atoms with Crippen LogP contribution in [0.15, 0.2) is 36.4 Å². The Morgan fingerprint density at radius 1 is 0.500 bits per heavy atom. The van der Waals surface area contributed by atoms with E-state index in [2.05, 4.69) is 0 Å². The number of hydrogen-bond acceptors (Lipinski definition) is 8. The fourth-order valence-corrected chi connectivity index (χ4v) is 2.87. The summed E-state index contributed by atoms with van der Waals surface area (Å²) < 4.78 is 34.5. The Morgan fingerprint density at radius 3 is 1.23 bits per heavy atom. The average molecular weight is 418 g/mol. The fourth-order valence-electron chi connectivity index (χ4n) is 2.87. The minimum absolute atomic E-state index is 0.389. The monoisotopic (exact) mass is 418 g/mol. The molecule has 0 fully saturated rings. The maximum atomic E-state index is 5.84. The van der Waals surface area contributed by atoms with Crippen molar-refractivity contribution >= 4 is 0 Å². The van der Waals surface area contributed by atoms with Crippen LogP contribution >= 0.6 is 0 Å². The molecule has 0 aliphatic carbocycles. The Hall–Kier alpha value is -2.52. The summed E-state index contributed by atoms with van der Waals surface area (Å²) in [5.74, 6) is 2.60.